The molecule has 0 heterocycles. The lowest BCUT2D eigenvalue weighted by atomic mass is 9.60. The van der Waals surface area contributed by atoms with E-state index in [1.165, 1.54) is 0 Å². The summed E-state index contributed by atoms with van der Waals surface area (Å²) in [5.41, 5.74) is 11.9. The standard InChI is InChI=1S/C25H44N2O2/c1-3-7-17-9-11-19(26)15-21(17)23(28)25(13-5-6-14-25)24(29)22-16-20(27)12-10-18(22)8-4-2/h17-22H,3-16,26-27H2,1-2H3. The molecule has 0 radical (unpaired) electrons. The summed E-state index contributed by atoms with van der Waals surface area (Å²) in [6, 6.07) is 0.225. The van der Waals surface area contributed by atoms with E-state index in [0.717, 1.165) is 89.9 Å². The maximum Gasteiger partial charge on any atom is 0.149 e. The van der Waals surface area contributed by atoms with E-state index in [1.54, 1.807) is 0 Å². The Balaban J connectivity index is 1.87. The van der Waals surface area contributed by atoms with Gasteiger partial charge in [0.1, 0.15) is 11.6 Å². The minimum Gasteiger partial charge on any atom is -0.328 e. The Morgan fingerprint density at radius 3 is 1.55 bits per heavy atom. The summed E-state index contributed by atoms with van der Waals surface area (Å²) >= 11 is 0. The van der Waals surface area contributed by atoms with Gasteiger partial charge in [0.25, 0.3) is 0 Å². The lowest BCUT2D eigenvalue weighted by Gasteiger charge is -2.42. The topological polar surface area (TPSA) is 86.2 Å². The molecule has 0 bridgehead atoms. The van der Waals surface area contributed by atoms with Crippen molar-refractivity contribution in [1.29, 1.82) is 0 Å². The molecule has 6 atom stereocenters. The fourth-order valence-electron chi connectivity index (χ4n) is 6.91. The summed E-state index contributed by atoms with van der Waals surface area (Å²) in [6.07, 6.45) is 13.6. The second kappa shape index (κ2) is 10.0. The van der Waals surface area contributed by atoms with Crippen molar-refractivity contribution >= 4 is 11.6 Å². The van der Waals surface area contributed by atoms with Gasteiger partial charge in [0, 0.05) is 23.9 Å². The van der Waals surface area contributed by atoms with Crippen LogP contribution in [0.4, 0.5) is 0 Å². The van der Waals surface area contributed by atoms with Gasteiger partial charge in [0.15, 0.2) is 0 Å². The minimum atomic E-state index is -0.735. The molecule has 4 N–H and O–H groups in total. The second-order valence-electron chi connectivity index (χ2n) is 10.5. The van der Waals surface area contributed by atoms with Crippen molar-refractivity contribution in [2.45, 2.75) is 116 Å². The smallest absolute Gasteiger partial charge is 0.149 e. The lowest BCUT2D eigenvalue weighted by molar-refractivity contribution is -0.149. The molecule has 0 saturated heterocycles. The van der Waals surface area contributed by atoms with Crippen molar-refractivity contribution in [3.63, 3.8) is 0 Å². The van der Waals surface area contributed by atoms with E-state index in [2.05, 4.69) is 13.8 Å². The van der Waals surface area contributed by atoms with Crippen molar-refractivity contribution in [3.05, 3.63) is 0 Å². The molecule has 3 fully saturated rings. The zero-order valence-corrected chi connectivity index (χ0v) is 18.8. The maximum absolute atomic E-state index is 14.1. The van der Waals surface area contributed by atoms with Gasteiger partial charge in [-0.15, -0.1) is 0 Å². The molecule has 29 heavy (non-hydrogen) atoms. The van der Waals surface area contributed by atoms with E-state index < -0.39 is 5.41 Å². The Kier molecular flexibility index (Phi) is 7.94. The Hall–Kier alpha value is -0.740. The van der Waals surface area contributed by atoms with Crippen LogP contribution in [0.3, 0.4) is 0 Å². The van der Waals surface area contributed by atoms with Crippen LogP contribution in [0.25, 0.3) is 0 Å². The van der Waals surface area contributed by atoms with E-state index in [0.29, 0.717) is 11.8 Å². The van der Waals surface area contributed by atoms with Gasteiger partial charge in [0.05, 0.1) is 5.41 Å². The molecule has 0 aromatic heterocycles. The van der Waals surface area contributed by atoms with Crippen LogP contribution in [0.2, 0.25) is 0 Å². The monoisotopic (exact) mass is 404 g/mol. The molecule has 3 rings (SSSR count). The zero-order valence-electron chi connectivity index (χ0n) is 18.8. The van der Waals surface area contributed by atoms with Gasteiger partial charge in [-0.2, -0.15) is 0 Å². The lowest BCUT2D eigenvalue weighted by Crippen LogP contribution is -2.51. The van der Waals surface area contributed by atoms with Crippen molar-refractivity contribution in [2.75, 3.05) is 0 Å². The van der Waals surface area contributed by atoms with Crippen LogP contribution in [0.5, 0.6) is 0 Å². The summed E-state index contributed by atoms with van der Waals surface area (Å²) in [4.78, 5) is 28.2. The van der Waals surface area contributed by atoms with Gasteiger partial charge in [0.2, 0.25) is 0 Å². The largest absolute Gasteiger partial charge is 0.328 e. The number of Topliss-reactive ketones (excluding diaryl/α,β-unsaturated/α-hetero) is 2. The first kappa shape index (κ1) is 22.9. The van der Waals surface area contributed by atoms with Gasteiger partial charge < -0.3 is 11.5 Å². The molecule has 0 spiro atoms. The van der Waals surface area contributed by atoms with Crippen LogP contribution in [0.15, 0.2) is 0 Å². The average molecular weight is 405 g/mol. The molecule has 4 heteroatoms. The molecule has 3 aliphatic rings. The highest BCUT2D eigenvalue weighted by Crippen LogP contribution is 2.49. The fourth-order valence-corrected chi connectivity index (χ4v) is 6.91. The first-order valence-corrected chi connectivity index (χ1v) is 12.5. The molecule has 166 valence electrons. The summed E-state index contributed by atoms with van der Waals surface area (Å²) < 4.78 is 0. The third-order valence-electron chi connectivity index (χ3n) is 8.46. The predicted octanol–water partition coefficient (Wildman–Crippen LogP) is 4.77. The summed E-state index contributed by atoms with van der Waals surface area (Å²) in [7, 11) is 0. The van der Waals surface area contributed by atoms with Gasteiger partial charge >= 0.3 is 0 Å². The molecular weight excluding hydrogens is 360 g/mol. The van der Waals surface area contributed by atoms with Crippen molar-refractivity contribution in [2.24, 2.45) is 40.6 Å². The third kappa shape index (κ3) is 4.79. The molecule has 6 unspecified atom stereocenters. The van der Waals surface area contributed by atoms with E-state index >= 15 is 0 Å². The number of rotatable bonds is 8. The van der Waals surface area contributed by atoms with Gasteiger partial charge in [-0.1, -0.05) is 52.4 Å². The highest BCUT2D eigenvalue weighted by molar-refractivity contribution is 6.09. The van der Waals surface area contributed by atoms with Crippen molar-refractivity contribution in [3.8, 4) is 0 Å². The molecule has 4 nitrogen and oxygen atoms in total. The highest BCUT2D eigenvalue weighted by Gasteiger charge is 2.54. The van der Waals surface area contributed by atoms with E-state index in [4.69, 9.17) is 11.5 Å². The Bertz CT molecular complexity index is 525. The van der Waals surface area contributed by atoms with Crippen LogP contribution in [-0.4, -0.2) is 23.7 Å². The SMILES string of the molecule is CCCC1CCC(N)CC1C(=O)C1(C(=O)C2CC(N)CCC2CCC)CCCC1. The normalized spacial score (nSPS) is 37.4. The fraction of sp³-hybridized carbons (Fsp3) is 0.920. The number of carbonyl (C=O) groups excluding carboxylic acids is 2. The minimum absolute atomic E-state index is 0.0114. The molecule has 0 amide bonds. The Morgan fingerprint density at radius 2 is 1.17 bits per heavy atom. The third-order valence-corrected chi connectivity index (χ3v) is 8.46. The quantitative estimate of drug-likeness (QED) is 0.570. The summed E-state index contributed by atoms with van der Waals surface area (Å²) in [5.74, 6) is 1.34. The molecule has 0 aliphatic heterocycles. The van der Waals surface area contributed by atoms with E-state index in [-0.39, 0.29) is 35.5 Å². The number of carbonyl (C=O) groups is 2. The summed E-state index contributed by atoms with van der Waals surface area (Å²) in [5, 5.41) is 0. The zero-order chi connectivity index (χ0) is 21.0. The number of nitrogens with two attached hydrogens (primary N) is 2. The van der Waals surface area contributed by atoms with Crippen LogP contribution in [-0.2, 0) is 9.59 Å². The molecule has 3 saturated carbocycles. The number of ketones is 2. The van der Waals surface area contributed by atoms with Crippen LogP contribution >= 0.6 is 0 Å². The number of hydrogen-bond donors (Lipinski definition) is 2. The summed E-state index contributed by atoms with van der Waals surface area (Å²) in [6.45, 7) is 4.40. The molecule has 0 aromatic rings. The van der Waals surface area contributed by atoms with Crippen LogP contribution < -0.4 is 11.5 Å². The van der Waals surface area contributed by atoms with Crippen molar-refractivity contribution < 1.29 is 9.59 Å². The Labute approximate surface area is 177 Å². The van der Waals surface area contributed by atoms with Gasteiger partial charge in [-0.3, -0.25) is 9.59 Å². The van der Waals surface area contributed by atoms with E-state index in [9.17, 15) is 9.59 Å². The first-order chi connectivity index (χ1) is 13.9. The highest BCUT2D eigenvalue weighted by atomic mass is 16.2. The second-order valence-corrected chi connectivity index (χ2v) is 10.5. The molecular formula is C25H44N2O2. The Morgan fingerprint density at radius 1 is 0.759 bits per heavy atom. The van der Waals surface area contributed by atoms with Gasteiger partial charge in [-0.05, 0) is 63.2 Å². The van der Waals surface area contributed by atoms with E-state index in [1.807, 2.05) is 0 Å². The van der Waals surface area contributed by atoms with Gasteiger partial charge in [-0.25, -0.2) is 0 Å². The molecule has 3 aliphatic carbocycles. The maximum atomic E-state index is 14.1. The van der Waals surface area contributed by atoms with Crippen LogP contribution in [0, 0.1) is 29.1 Å². The van der Waals surface area contributed by atoms with Crippen LogP contribution in [0.1, 0.15) is 104 Å². The van der Waals surface area contributed by atoms with Crippen molar-refractivity contribution in [1.82, 2.24) is 0 Å². The molecule has 0 aromatic carbocycles. The number of hydrogen-bond acceptors (Lipinski definition) is 4. The average Bonchev–Trinajstić information content (AvgIpc) is 3.21. The first-order valence-electron chi connectivity index (χ1n) is 12.5. The predicted molar refractivity (Wildman–Crippen MR) is 118 cm³/mol.